The molecule has 0 bridgehead atoms. The van der Waals surface area contributed by atoms with Crippen LogP contribution in [0.1, 0.15) is 28.9 Å². The van der Waals surface area contributed by atoms with Crippen molar-refractivity contribution in [2.45, 2.75) is 13.0 Å². The number of hydrogen-bond acceptors (Lipinski definition) is 3. The van der Waals surface area contributed by atoms with Gasteiger partial charge in [0.15, 0.2) is 23.1 Å². The summed E-state index contributed by atoms with van der Waals surface area (Å²) in [5, 5.41) is 2.63. The van der Waals surface area contributed by atoms with Gasteiger partial charge in [-0.1, -0.05) is 12.1 Å². The van der Waals surface area contributed by atoms with Crippen molar-refractivity contribution >= 4 is 5.91 Å². The van der Waals surface area contributed by atoms with Gasteiger partial charge in [-0.25, -0.2) is 8.78 Å². The van der Waals surface area contributed by atoms with Crippen LogP contribution < -0.4 is 14.8 Å². The first kappa shape index (κ1) is 14.3. The van der Waals surface area contributed by atoms with E-state index in [4.69, 9.17) is 9.47 Å². The Hall–Kier alpha value is -2.63. The average molecular weight is 305 g/mol. The second-order valence-corrected chi connectivity index (χ2v) is 4.91. The van der Waals surface area contributed by atoms with Gasteiger partial charge in [0.2, 0.25) is 6.79 Å². The topological polar surface area (TPSA) is 47.6 Å². The number of benzene rings is 2. The second-order valence-electron chi connectivity index (χ2n) is 4.91. The molecule has 6 heteroatoms. The third-order valence-electron chi connectivity index (χ3n) is 3.44. The molecule has 1 N–H and O–H groups in total. The van der Waals surface area contributed by atoms with E-state index in [1.165, 1.54) is 12.1 Å². The fourth-order valence-electron chi connectivity index (χ4n) is 2.22. The van der Waals surface area contributed by atoms with Gasteiger partial charge in [0, 0.05) is 0 Å². The lowest BCUT2D eigenvalue weighted by Gasteiger charge is -2.15. The van der Waals surface area contributed by atoms with Crippen molar-refractivity contribution < 1.29 is 23.0 Å². The molecule has 0 saturated carbocycles. The summed E-state index contributed by atoms with van der Waals surface area (Å²) in [4.78, 5) is 12.1. The van der Waals surface area contributed by atoms with Crippen molar-refractivity contribution in [3.8, 4) is 11.5 Å². The number of carbonyl (C=O) groups is 1. The molecule has 1 atom stereocenters. The summed E-state index contributed by atoms with van der Waals surface area (Å²) in [6.45, 7) is 1.90. The van der Waals surface area contributed by atoms with Gasteiger partial charge in [-0.05, 0) is 36.8 Å². The molecule has 22 heavy (non-hydrogen) atoms. The molecule has 1 aliphatic heterocycles. The highest BCUT2D eigenvalue weighted by molar-refractivity contribution is 5.94. The van der Waals surface area contributed by atoms with Crippen LogP contribution in [-0.4, -0.2) is 12.7 Å². The predicted molar refractivity (Wildman–Crippen MR) is 74.8 cm³/mol. The number of amides is 1. The van der Waals surface area contributed by atoms with Crippen LogP contribution in [0, 0.1) is 11.6 Å². The van der Waals surface area contributed by atoms with Gasteiger partial charge >= 0.3 is 0 Å². The first-order chi connectivity index (χ1) is 10.6. The zero-order valence-electron chi connectivity index (χ0n) is 11.7. The minimum atomic E-state index is -1.15. The van der Waals surface area contributed by atoms with Crippen LogP contribution in [0.4, 0.5) is 8.78 Å². The standard InChI is InChI=1S/C16H13F2NO3/c1-9(10-5-6-13-14(7-10)22-8-21-13)19-16(20)11-3-2-4-12(17)15(11)18/h2-7,9H,8H2,1H3,(H,19,20). The molecule has 0 spiro atoms. The Bertz CT molecular complexity index is 733. The SMILES string of the molecule is CC(NC(=O)c1cccc(F)c1F)c1ccc2c(c1)OCO2. The van der Waals surface area contributed by atoms with Gasteiger partial charge in [0.1, 0.15) is 0 Å². The highest BCUT2D eigenvalue weighted by Crippen LogP contribution is 2.34. The lowest BCUT2D eigenvalue weighted by atomic mass is 10.1. The summed E-state index contributed by atoms with van der Waals surface area (Å²) in [6.07, 6.45) is 0. The minimum absolute atomic E-state index is 0.161. The Kier molecular flexibility index (Phi) is 3.66. The molecular formula is C16H13F2NO3. The van der Waals surface area contributed by atoms with Crippen molar-refractivity contribution in [3.63, 3.8) is 0 Å². The van der Waals surface area contributed by atoms with E-state index in [0.29, 0.717) is 11.5 Å². The average Bonchev–Trinajstić information content (AvgIpc) is 2.97. The predicted octanol–water partition coefficient (Wildman–Crippen LogP) is 3.18. The van der Waals surface area contributed by atoms with Crippen LogP contribution in [0.15, 0.2) is 36.4 Å². The summed E-state index contributed by atoms with van der Waals surface area (Å²) in [5.74, 6) is -1.66. The molecule has 0 radical (unpaired) electrons. The minimum Gasteiger partial charge on any atom is -0.454 e. The Morgan fingerprint density at radius 3 is 2.77 bits per heavy atom. The molecule has 3 rings (SSSR count). The molecule has 0 aromatic heterocycles. The van der Waals surface area contributed by atoms with Gasteiger partial charge in [0.05, 0.1) is 11.6 Å². The van der Waals surface area contributed by atoms with Crippen LogP contribution >= 0.6 is 0 Å². The second kappa shape index (κ2) is 5.63. The van der Waals surface area contributed by atoms with E-state index in [0.717, 1.165) is 11.6 Å². The Balaban J connectivity index is 1.77. The molecule has 4 nitrogen and oxygen atoms in total. The number of fused-ring (bicyclic) bond motifs is 1. The number of rotatable bonds is 3. The van der Waals surface area contributed by atoms with Crippen LogP contribution in [0.5, 0.6) is 11.5 Å². The third-order valence-corrected chi connectivity index (χ3v) is 3.44. The first-order valence-corrected chi connectivity index (χ1v) is 6.70. The summed E-state index contributed by atoms with van der Waals surface area (Å²) in [6, 6.07) is 8.36. The number of nitrogens with one attached hydrogen (secondary N) is 1. The molecule has 2 aromatic rings. The van der Waals surface area contributed by atoms with Crippen molar-refractivity contribution in [1.29, 1.82) is 0 Å². The molecule has 0 saturated heterocycles. The van der Waals surface area contributed by atoms with E-state index in [9.17, 15) is 13.6 Å². The molecular weight excluding hydrogens is 292 g/mol. The number of ether oxygens (including phenoxy) is 2. The Morgan fingerprint density at radius 2 is 1.95 bits per heavy atom. The van der Waals surface area contributed by atoms with E-state index < -0.39 is 23.6 Å². The van der Waals surface area contributed by atoms with E-state index in [-0.39, 0.29) is 12.4 Å². The molecule has 0 fully saturated rings. The summed E-state index contributed by atoms with van der Waals surface area (Å²) in [5.41, 5.74) is 0.446. The van der Waals surface area contributed by atoms with Gasteiger partial charge < -0.3 is 14.8 Å². The lowest BCUT2D eigenvalue weighted by molar-refractivity contribution is 0.0934. The maximum atomic E-state index is 13.6. The molecule has 1 aliphatic rings. The van der Waals surface area contributed by atoms with E-state index >= 15 is 0 Å². The fourth-order valence-corrected chi connectivity index (χ4v) is 2.22. The maximum absolute atomic E-state index is 13.6. The monoisotopic (exact) mass is 305 g/mol. The van der Waals surface area contributed by atoms with E-state index in [2.05, 4.69) is 5.32 Å². The van der Waals surface area contributed by atoms with Gasteiger partial charge in [-0.3, -0.25) is 4.79 Å². The summed E-state index contributed by atoms with van der Waals surface area (Å²) >= 11 is 0. The van der Waals surface area contributed by atoms with Crippen molar-refractivity contribution in [3.05, 3.63) is 59.2 Å². The molecule has 2 aromatic carbocycles. The largest absolute Gasteiger partial charge is 0.454 e. The van der Waals surface area contributed by atoms with Crippen LogP contribution in [0.2, 0.25) is 0 Å². The van der Waals surface area contributed by atoms with Crippen LogP contribution in [0.3, 0.4) is 0 Å². The highest BCUT2D eigenvalue weighted by atomic mass is 19.2. The normalized spacial score (nSPS) is 13.8. The third kappa shape index (κ3) is 2.59. The van der Waals surface area contributed by atoms with Crippen LogP contribution in [0.25, 0.3) is 0 Å². The number of hydrogen-bond donors (Lipinski definition) is 1. The van der Waals surface area contributed by atoms with Gasteiger partial charge in [-0.2, -0.15) is 0 Å². The molecule has 0 aliphatic carbocycles. The summed E-state index contributed by atoms with van der Waals surface area (Å²) < 4.78 is 37.3. The van der Waals surface area contributed by atoms with E-state index in [1.54, 1.807) is 25.1 Å². The van der Waals surface area contributed by atoms with Crippen molar-refractivity contribution in [2.75, 3.05) is 6.79 Å². The number of carbonyl (C=O) groups excluding carboxylic acids is 1. The first-order valence-electron chi connectivity index (χ1n) is 6.70. The quantitative estimate of drug-likeness (QED) is 0.947. The molecule has 1 unspecified atom stereocenters. The zero-order valence-corrected chi connectivity index (χ0v) is 11.7. The number of halogens is 2. The highest BCUT2D eigenvalue weighted by Gasteiger charge is 2.19. The summed E-state index contributed by atoms with van der Waals surface area (Å²) in [7, 11) is 0. The van der Waals surface area contributed by atoms with E-state index in [1.807, 2.05) is 0 Å². The van der Waals surface area contributed by atoms with Crippen LogP contribution in [-0.2, 0) is 0 Å². The van der Waals surface area contributed by atoms with Gasteiger partial charge in [0.25, 0.3) is 5.91 Å². The van der Waals surface area contributed by atoms with Crippen molar-refractivity contribution in [2.24, 2.45) is 0 Å². The zero-order chi connectivity index (χ0) is 15.7. The molecule has 1 amide bonds. The van der Waals surface area contributed by atoms with Gasteiger partial charge in [-0.15, -0.1) is 0 Å². The molecule has 1 heterocycles. The smallest absolute Gasteiger partial charge is 0.254 e. The fraction of sp³-hybridized carbons (Fsp3) is 0.188. The lowest BCUT2D eigenvalue weighted by Crippen LogP contribution is -2.27. The Morgan fingerprint density at radius 1 is 1.18 bits per heavy atom. The van der Waals surface area contributed by atoms with Crippen molar-refractivity contribution in [1.82, 2.24) is 5.32 Å². The molecule has 114 valence electrons. The Labute approximate surface area is 125 Å². The maximum Gasteiger partial charge on any atom is 0.254 e.